The fourth-order valence-electron chi connectivity index (χ4n) is 5.46. The molecule has 2 atom stereocenters. The molecule has 1 amide bonds. The number of nitrogens with zero attached hydrogens (tertiary/aromatic N) is 1. The topological polar surface area (TPSA) is 75.7 Å². The number of amides is 1. The van der Waals surface area contributed by atoms with E-state index >= 15 is 0 Å². The van der Waals surface area contributed by atoms with Gasteiger partial charge in [-0.05, 0) is 91.3 Å². The van der Waals surface area contributed by atoms with Gasteiger partial charge in [0.1, 0.15) is 0 Å². The molecule has 2 aliphatic rings. The third-order valence-electron chi connectivity index (χ3n) is 8.35. The highest BCUT2D eigenvalue weighted by Gasteiger charge is 2.33. The molecular weight excluding hydrogens is 577 g/mol. The Balaban J connectivity index is 1.25. The van der Waals surface area contributed by atoms with Gasteiger partial charge < -0.3 is 15.0 Å². The zero-order valence-electron chi connectivity index (χ0n) is 24.1. The Kier molecular flexibility index (Phi) is 9.46. The van der Waals surface area contributed by atoms with Crippen LogP contribution in [0.25, 0.3) is 0 Å². The van der Waals surface area contributed by atoms with Crippen LogP contribution in [0.15, 0.2) is 77.7 Å². The number of halogens is 3. The summed E-state index contributed by atoms with van der Waals surface area (Å²) in [4.78, 5) is 15.4. The van der Waals surface area contributed by atoms with E-state index in [0.29, 0.717) is 24.6 Å². The second kappa shape index (κ2) is 13.1. The number of sulfone groups is 1. The van der Waals surface area contributed by atoms with Crippen LogP contribution in [-0.4, -0.2) is 45.9 Å². The molecular formula is C33H37F3N2O4S. The Labute approximate surface area is 251 Å². The largest absolute Gasteiger partial charge is 0.416 e. The molecule has 1 aliphatic carbocycles. The molecule has 1 unspecified atom stereocenters. The summed E-state index contributed by atoms with van der Waals surface area (Å²) >= 11 is 0. The Hall–Kier alpha value is -3.37. The molecule has 2 fully saturated rings. The first-order valence-electron chi connectivity index (χ1n) is 14.7. The Bertz CT molecular complexity index is 1490. The van der Waals surface area contributed by atoms with E-state index in [1.807, 2.05) is 12.1 Å². The lowest BCUT2D eigenvalue weighted by molar-refractivity contribution is -0.137. The van der Waals surface area contributed by atoms with Crippen molar-refractivity contribution in [2.45, 2.75) is 62.2 Å². The van der Waals surface area contributed by atoms with Crippen LogP contribution in [0.5, 0.6) is 0 Å². The number of hydrogen-bond donors (Lipinski definition) is 1. The number of hydrogen-bond acceptors (Lipinski definition) is 5. The fourth-order valence-corrected chi connectivity index (χ4v) is 6.34. The van der Waals surface area contributed by atoms with Crippen LogP contribution in [0, 0.1) is 5.92 Å². The van der Waals surface area contributed by atoms with Crippen molar-refractivity contribution in [2.75, 3.05) is 30.4 Å². The molecule has 5 rings (SSSR count). The number of nitrogens with one attached hydrogen (secondary N) is 1. The van der Waals surface area contributed by atoms with Gasteiger partial charge in [-0.25, -0.2) is 8.42 Å². The van der Waals surface area contributed by atoms with Gasteiger partial charge in [0.25, 0.3) is 5.91 Å². The lowest BCUT2D eigenvalue weighted by Gasteiger charge is -2.41. The molecule has 10 heteroatoms. The van der Waals surface area contributed by atoms with Gasteiger partial charge in [0.15, 0.2) is 9.84 Å². The summed E-state index contributed by atoms with van der Waals surface area (Å²) in [6.45, 7) is 3.83. The molecule has 3 aromatic rings. The van der Waals surface area contributed by atoms with Crippen molar-refractivity contribution < 1.29 is 31.1 Å². The maximum Gasteiger partial charge on any atom is 0.416 e. The third-order valence-corrected chi connectivity index (χ3v) is 10.1. The molecule has 1 saturated heterocycles. The van der Waals surface area contributed by atoms with E-state index in [1.165, 1.54) is 12.8 Å². The normalized spacial score (nSPS) is 19.3. The highest BCUT2D eigenvalue weighted by molar-refractivity contribution is 7.91. The zero-order valence-corrected chi connectivity index (χ0v) is 25.0. The number of carbonyl (C=O) groups excluding carboxylic acids is 1. The molecule has 1 saturated carbocycles. The van der Waals surface area contributed by atoms with Crippen LogP contribution in [0.4, 0.5) is 18.9 Å². The van der Waals surface area contributed by atoms with Crippen LogP contribution < -0.4 is 10.2 Å². The van der Waals surface area contributed by atoms with Gasteiger partial charge in [-0.2, -0.15) is 13.2 Å². The molecule has 43 heavy (non-hydrogen) atoms. The van der Waals surface area contributed by atoms with Crippen molar-refractivity contribution in [3.05, 3.63) is 95.1 Å². The third kappa shape index (κ3) is 7.97. The summed E-state index contributed by atoms with van der Waals surface area (Å²) in [5.74, 6) is 0.503. The van der Waals surface area contributed by atoms with Crippen LogP contribution in [0.3, 0.4) is 0 Å². The minimum atomic E-state index is -4.36. The zero-order chi connectivity index (χ0) is 30.6. The van der Waals surface area contributed by atoms with Gasteiger partial charge in [-0.1, -0.05) is 31.2 Å². The predicted molar refractivity (Wildman–Crippen MR) is 160 cm³/mol. The van der Waals surface area contributed by atoms with Crippen molar-refractivity contribution in [3.63, 3.8) is 0 Å². The number of benzene rings is 3. The lowest BCUT2D eigenvalue weighted by Crippen LogP contribution is -2.45. The standard InChI is InChI=1S/C33H37F3N2O4S/c1-2-43(40,41)31-17-5-23(6-18-31)19-37-32(39)26-9-14-29(15-10-26)38-20-27(11-16-30(38)22-42-21-24-3-4-24)25-7-12-28(13-8-25)33(34,35)36/h5-10,12-15,17-18,24,27,30H,2-4,11,16,19-22H2,1H3,(H,37,39)/t27?,30-/m0/s1. The highest BCUT2D eigenvalue weighted by Crippen LogP contribution is 2.36. The van der Waals surface area contributed by atoms with Gasteiger partial charge >= 0.3 is 6.18 Å². The van der Waals surface area contributed by atoms with E-state index in [9.17, 15) is 26.4 Å². The van der Waals surface area contributed by atoms with Gasteiger partial charge in [0, 0.05) is 36.9 Å². The van der Waals surface area contributed by atoms with E-state index in [-0.39, 0.29) is 35.1 Å². The highest BCUT2D eigenvalue weighted by atomic mass is 32.2. The Morgan fingerprint density at radius 3 is 2.19 bits per heavy atom. The summed E-state index contributed by atoms with van der Waals surface area (Å²) in [6.07, 6.45) is -0.250. The molecule has 0 bridgehead atoms. The first kappa shape index (κ1) is 31.1. The second-order valence-corrected chi connectivity index (χ2v) is 13.7. The van der Waals surface area contributed by atoms with E-state index in [4.69, 9.17) is 4.74 Å². The maximum atomic E-state index is 13.1. The number of piperidine rings is 1. The van der Waals surface area contributed by atoms with Crippen LogP contribution >= 0.6 is 0 Å². The number of alkyl halides is 3. The number of carbonyl (C=O) groups is 1. The lowest BCUT2D eigenvalue weighted by atomic mass is 9.86. The van der Waals surface area contributed by atoms with Gasteiger partial charge in [-0.15, -0.1) is 0 Å². The quantitative estimate of drug-likeness (QED) is 0.263. The summed E-state index contributed by atoms with van der Waals surface area (Å²) in [6, 6.07) is 19.4. The molecule has 1 heterocycles. The maximum absolute atomic E-state index is 13.1. The first-order valence-corrected chi connectivity index (χ1v) is 16.4. The Morgan fingerprint density at radius 1 is 0.907 bits per heavy atom. The minimum absolute atomic E-state index is 0.0282. The molecule has 1 aliphatic heterocycles. The predicted octanol–water partition coefficient (Wildman–Crippen LogP) is 6.61. The summed E-state index contributed by atoms with van der Waals surface area (Å²) in [5, 5.41) is 2.88. The molecule has 230 valence electrons. The van der Waals surface area contributed by atoms with Crippen molar-refractivity contribution in [2.24, 2.45) is 5.92 Å². The molecule has 6 nitrogen and oxygen atoms in total. The summed E-state index contributed by atoms with van der Waals surface area (Å²) < 4.78 is 69.4. The molecule has 3 aromatic carbocycles. The second-order valence-electron chi connectivity index (χ2n) is 11.5. The van der Waals surface area contributed by atoms with Crippen molar-refractivity contribution in [1.82, 2.24) is 5.32 Å². The van der Waals surface area contributed by atoms with Crippen molar-refractivity contribution in [1.29, 1.82) is 0 Å². The molecule has 0 radical (unpaired) electrons. The Morgan fingerprint density at radius 2 is 1.58 bits per heavy atom. The average molecular weight is 615 g/mol. The van der Waals surface area contributed by atoms with E-state index in [2.05, 4.69) is 10.2 Å². The molecule has 1 N–H and O–H groups in total. The monoisotopic (exact) mass is 614 g/mol. The van der Waals surface area contributed by atoms with Crippen molar-refractivity contribution >= 4 is 21.4 Å². The van der Waals surface area contributed by atoms with Crippen molar-refractivity contribution in [3.8, 4) is 0 Å². The summed E-state index contributed by atoms with van der Waals surface area (Å²) in [5.41, 5.74) is 2.45. The smallest absolute Gasteiger partial charge is 0.379 e. The average Bonchev–Trinajstić information content (AvgIpc) is 3.84. The van der Waals surface area contributed by atoms with E-state index < -0.39 is 21.6 Å². The van der Waals surface area contributed by atoms with Crippen LogP contribution in [-0.2, 0) is 27.3 Å². The SMILES string of the molecule is CCS(=O)(=O)c1ccc(CNC(=O)c2ccc(N3CC(c4ccc(C(F)(F)F)cc4)CC[C@H]3COCC3CC3)cc2)cc1. The van der Waals surface area contributed by atoms with Crippen LogP contribution in [0.1, 0.15) is 65.6 Å². The van der Waals surface area contributed by atoms with Crippen LogP contribution in [0.2, 0.25) is 0 Å². The van der Waals surface area contributed by atoms with E-state index in [1.54, 1.807) is 55.5 Å². The minimum Gasteiger partial charge on any atom is -0.379 e. The molecule has 0 aromatic heterocycles. The van der Waals surface area contributed by atoms with E-state index in [0.717, 1.165) is 48.4 Å². The number of anilines is 1. The number of rotatable bonds is 11. The molecule has 0 spiro atoms. The van der Waals surface area contributed by atoms with Gasteiger partial charge in [-0.3, -0.25) is 4.79 Å². The summed E-state index contributed by atoms with van der Waals surface area (Å²) in [7, 11) is -3.28. The van der Waals surface area contributed by atoms with Gasteiger partial charge in [0.05, 0.1) is 28.9 Å². The van der Waals surface area contributed by atoms with Gasteiger partial charge in [0.2, 0.25) is 0 Å². The number of ether oxygens (including phenoxy) is 1. The first-order chi connectivity index (χ1) is 20.5. The fraction of sp³-hybridized carbons (Fsp3) is 0.424.